The molecule has 0 aromatic heterocycles. The fraction of sp³-hybridized carbons (Fsp3) is 0.200. The normalized spacial score (nSPS) is 12.3. The lowest BCUT2D eigenvalue weighted by atomic mass is 10.1. The van der Waals surface area contributed by atoms with Gasteiger partial charge in [-0.2, -0.15) is 0 Å². The summed E-state index contributed by atoms with van der Waals surface area (Å²) in [5, 5.41) is -0.193. The van der Waals surface area contributed by atoms with E-state index in [0.717, 1.165) is 12.1 Å². The maximum absolute atomic E-state index is 13.9. The summed E-state index contributed by atoms with van der Waals surface area (Å²) in [5.41, 5.74) is 5.98. The van der Waals surface area contributed by atoms with Gasteiger partial charge in [-0.3, -0.25) is 0 Å². The van der Waals surface area contributed by atoms with Crippen LogP contribution in [0.1, 0.15) is 12.5 Å². The van der Waals surface area contributed by atoms with Crippen LogP contribution in [0.4, 0.5) is 13.2 Å². The Hall–Kier alpha value is -1.72. The molecule has 6 heteroatoms. The van der Waals surface area contributed by atoms with Gasteiger partial charge in [0, 0.05) is 6.04 Å². The number of rotatable bonds is 4. The van der Waals surface area contributed by atoms with Crippen molar-refractivity contribution < 1.29 is 17.9 Å². The molecule has 2 aromatic rings. The molecule has 0 fully saturated rings. The monoisotopic (exact) mass is 315 g/mol. The minimum absolute atomic E-state index is 0.193. The molecule has 2 nitrogen and oxygen atoms in total. The van der Waals surface area contributed by atoms with E-state index >= 15 is 0 Å². The molecule has 0 bridgehead atoms. The smallest absolute Gasteiger partial charge is 0.198 e. The van der Waals surface area contributed by atoms with E-state index in [2.05, 4.69) is 0 Å². The van der Waals surface area contributed by atoms with E-state index in [1.54, 1.807) is 6.92 Å². The molecule has 2 rings (SSSR count). The predicted molar refractivity (Wildman–Crippen MR) is 75.2 cm³/mol. The Kier molecular flexibility index (Phi) is 4.75. The average Bonchev–Trinajstić information content (AvgIpc) is 2.38. The molecule has 0 amide bonds. The van der Waals surface area contributed by atoms with Crippen molar-refractivity contribution in [2.75, 3.05) is 0 Å². The highest BCUT2D eigenvalue weighted by Crippen LogP contribution is 2.32. The van der Waals surface area contributed by atoms with Crippen LogP contribution in [0.2, 0.25) is 5.02 Å². The van der Waals surface area contributed by atoms with Gasteiger partial charge in [-0.05, 0) is 43.2 Å². The second kappa shape index (κ2) is 6.37. The SMILES string of the molecule is CC(N)Cc1cc(F)c(Oc2cccc(Cl)c2F)c(F)c1. The van der Waals surface area contributed by atoms with Crippen LogP contribution in [0.3, 0.4) is 0 Å². The van der Waals surface area contributed by atoms with E-state index in [1.807, 2.05) is 0 Å². The minimum atomic E-state index is -0.926. The van der Waals surface area contributed by atoms with E-state index in [-0.39, 0.29) is 16.8 Å². The number of hydrogen-bond acceptors (Lipinski definition) is 2. The van der Waals surface area contributed by atoms with E-state index < -0.39 is 23.2 Å². The Balaban J connectivity index is 2.34. The van der Waals surface area contributed by atoms with Gasteiger partial charge in [0.25, 0.3) is 0 Å². The first-order chi connectivity index (χ1) is 9.88. The van der Waals surface area contributed by atoms with E-state index in [4.69, 9.17) is 22.1 Å². The van der Waals surface area contributed by atoms with Gasteiger partial charge in [-0.15, -0.1) is 0 Å². The standard InChI is InChI=1S/C15H13ClF3NO/c1-8(20)5-9-6-11(17)15(12(18)7-9)21-13-4-2-3-10(16)14(13)19/h2-4,6-8H,5,20H2,1H3. The third kappa shape index (κ3) is 3.68. The zero-order valence-electron chi connectivity index (χ0n) is 11.2. The van der Waals surface area contributed by atoms with Crippen LogP contribution in [0.25, 0.3) is 0 Å². The lowest BCUT2D eigenvalue weighted by molar-refractivity contribution is 0.386. The molecule has 0 radical (unpaired) electrons. The molecule has 0 saturated heterocycles. The molecule has 1 unspecified atom stereocenters. The van der Waals surface area contributed by atoms with Crippen molar-refractivity contribution in [2.45, 2.75) is 19.4 Å². The second-order valence-electron chi connectivity index (χ2n) is 4.72. The van der Waals surface area contributed by atoms with Crippen molar-refractivity contribution in [2.24, 2.45) is 5.73 Å². The van der Waals surface area contributed by atoms with Crippen LogP contribution < -0.4 is 10.5 Å². The molecular formula is C15H13ClF3NO. The fourth-order valence-corrected chi connectivity index (χ4v) is 2.04. The quantitative estimate of drug-likeness (QED) is 0.905. The Bertz CT molecular complexity index is 638. The summed E-state index contributed by atoms with van der Waals surface area (Å²) in [6.45, 7) is 1.72. The molecule has 0 heterocycles. The predicted octanol–water partition coefficient (Wildman–Crippen LogP) is 4.44. The highest BCUT2D eigenvalue weighted by atomic mass is 35.5. The van der Waals surface area contributed by atoms with Crippen molar-refractivity contribution in [1.82, 2.24) is 0 Å². The molecule has 0 spiro atoms. The first kappa shape index (κ1) is 15.7. The first-order valence-corrected chi connectivity index (χ1v) is 6.61. The van der Waals surface area contributed by atoms with Gasteiger partial charge in [0.05, 0.1) is 5.02 Å². The summed E-state index contributed by atoms with van der Waals surface area (Å²) < 4.78 is 46.5. The highest BCUT2D eigenvalue weighted by molar-refractivity contribution is 6.30. The third-order valence-corrected chi connectivity index (χ3v) is 3.04. The van der Waals surface area contributed by atoms with Crippen LogP contribution in [-0.4, -0.2) is 6.04 Å². The summed E-state index contributed by atoms with van der Waals surface area (Å²) in [4.78, 5) is 0. The van der Waals surface area contributed by atoms with Crippen LogP contribution in [0.5, 0.6) is 11.5 Å². The molecular weight excluding hydrogens is 303 g/mol. The van der Waals surface area contributed by atoms with E-state index in [0.29, 0.717) is 12.0 Å². The molecule has 0 saturated carbocycles. The van der Waals surface area contributed by atoms with Gasteiger partial charge in [-0.1, -0.05) is 17.7 Å². The van der Waals surface area contributed by atoms with E-state index in [9.17, 15) is 13.2 Å². The van der Waals surface area contributed by atoms with Gasteiger partial charge in [-0.25, -0.2) is 13.2 Å². The molecule has 1 atom stereocenters. The van der Waals surface area contributed by atoms with Crippen molar-refractivity contribution in [3.63, 3.8) is 0 Å². The van der Waals surface area contributed by atoms with E-state index in [1.165, 1.54) is 18.2 Å². The zero-order chi connectivity index (χ0) is 15.6. The minimum Gasteiger partial charge on any atom is -0.448 e. The topological polar surface area (TPSA) is 35.2 Å². The summed E-state index contributed by atoms with van der Waals surface area (Å²) in [6.07, 6.45) is 0.319. The Morgan fingerprint density at radius 1 is 1.19 bits per heavy atom. The molecule has 0 aliphatic rings. The Morgan fingerprint density at radius 2 is 1.81 bits per heavy atom. The molecule has 0 aliphatic carbocycles. The Labute approximate surface area is 125 Å². The summed E-state index contributed by atoms with van der Waals surface area (Å²) in [7, 11) is 0. The molecule has 0 aliphatic heterocycles. The van der Waals surface area contributed by atoms with Crippen LogP contribution in [0, 0.1) is 17.5 Å². The summed E-state index contributed by atoms with van der Waals surface area (Å²) in [5.74, 6) is -3.75. The lowest BCUT2D eigenvalue weighted by Gasteiger charge is -2.12. The largest absolute Gasteiger partial charge is 0.448 e. The third-order valence-electron chi connectivity index (χ3n) is 2.74. The van der Waals surface area contributed by atoms with Crippen LogP contribution in [-0.2, 0) is 6.42 Å². The number of halogens is 4. The van der Waals surface area contributed by atoms with Crippen molar-refractivity contribution >= 4 is 11.6 Å². The van der Waals surface area contributed by atoms with Crippen molar-refractivity contribution in [3.8, 4) is 11.5 Å². The maximum atomic E-state index is 13.9. The molecule has 112 valence electrons. The highest BCUT2D eigenvalue weighted by Gasteiger charge is 2.17. The number of hydrogen-bond donors (Lipinski definition) is 1. The van der Waals surface area contributed by atoms with Gasteiger partial charge in [0.1, 0.15) is 0 Å². The van der Waals surface area contributed by atoms with Crippen molar-refractivity contribution in [1.29, 1.82) is 0 Å². The lowest BCUT2D eigenvalue weighted by Crippen LogP contribution is -2.18. The van der Waals surface area contributed by atoms with Gasteiger partial charge < -0.3 is 10.5 Å². The van der Waals surface area contributed by atoms with Gasteiger partial charge >= 0.3 is 0 Å². The molecule has 21 heavy (non-hydrogen) atoms. The van der Waals surface area contributed by atoms with Crippen LogP contribution in [0.15, 0.2) is 30.3 Å². The molecule has 2 aromatic carbocycles. The number of benzene rings is 2. The number of ether oxygens (including phenoxy) is 1. The van der Waals surface area contributed by atoms with Gasteiger partial charge in [0.15, 0.2) is 29.0 Å². The zero-order valence-corrected chi connectivity index (χ0v) is 11.9. The van der Waals surface area contributed by atoms with Gasteiger partial charge in [0.2, 0.25) is 0 Å². The summed E-state index contributed by atoms with van der Waals surface area (Å²) in [6, 6.07) is 5.95. The second-order valence-corrected chi connectivity index (χ2v) is 5.13. The number of nitrogens with two attached hydrogens (primary N) is 1. The molecule has 2 N–H and O–H groups in total. The van der Waals surface area contributed by atoms with Crippen LogP contribution >= 0.6 is 11.6 Å². The first-order valence-electron chi connectivity index (χ1n) is 6.24. The average molecular weight is 316 g/mol. The summed E-state index contributed by atoms with van der Waals surface area (Å²) >= 11 is 5.59. The maximum Gasteiger partial charge on any atom is 0.198 e. The van der Waals surface area contributed by atoms with Crippen molar-refractivity contribution in [3.05, 3.63) is 58.4 Å². The fourth-order valence-electron chi connectivity index (χ4n) is 1.87. The Morgan fingerprint density at radius 3 is 2.38 bits per heavy atom.